The second kappa shape index (κ2) is 11.4. The molecule has 0 saturated heterocycles. The molecule has 3 atom stereocenters. The van der Waals surface area contributed by atoms with E-state index in [4.69, 9.17) is 17.2 Å². The third kappa shape index (κ3) is 9.04. The van der Waals surface area contributed by atoms with Crippen molar-refractivity contribution in [1.82, 2.24) is 10.6 Å². The van der Waals surface area contributed by atoms with Gasteiger partial charge in [-0.05, 0) is 24.7 Å². The van der Waals surface area contributed by atoms with Crippen LogP contribution in [-0.4, -0.2) is 48.7 Å². The van der Waals surface area contributed by atoms with E-state index >= 15 is 0 Å². The van der Waals surface area contributed by atoms with Crippen LogP contribution in [0.3, 0.4) is 0 Å². The summed E-state index contributed by atoms with van der Waals surface area (Å²) in [6, 6.07) is -2.13. The van der Waals surface area contributed by atoms with Crippen molar-refractivity contribution in [3.05, 3.63) is 0 Å². The van der Waals surface area contributed by atoms with Crippen LogP contribution in [0.15, 0.2) is 4.99 Å². The molecular formula is C16H32N6O3. The lowest BCUT2D eigenvalue weighted by atomic mass is 10.00. The van der Waals surface area contributed by atoms with Crippen molar-refractivity contribution in [3.8, 4) is 0 Å². The summed E-state index contributed by atoms with van der Waals surface area (Å²) in [5, 5.41) is 5.30. The van der Waals surface area contributed by atoms with Crippen molar-refractivity contribution < 1.29 is 14.4 Å². The number of hydrogen-bond donors (Lipinski definition) is 5. The Kier molecular flexibility index (Phi) is 10.4. The van der Waals surface area contributed by atoms with Gasteiger partial charge in [-0.3, -0.25) is 14.6 Å². The summed E-state index contributed by atoms with van der Waals surface area (Å²) in [6.45, 7) is 7.64. The summed E-state index contributed by atoms with van der Waals surface area (Å²) < 4.78 is 0. The lowest BCUT2D eigenvalue weighted by Crippen LogP contribution is -2.56. The first-order valence-electron chi connectivity index (χ1n) is 8.47. The van der Waals surface area contributed by atoms with Crippen LogP contribution in [0.2, 0.25) is 0 Å². The Hall–Kier alpha value is -2.16. The molecule has 144 valence electrons. The number of nitrogens with one attached hydrogen (secondary N) is 2. The van der Waals surface area contributed by atoms with Crippen molar-refractivity contribution >= 4 is 24.1 Å². The molecule has 0 fully saturated rings. The third-order valence-electron chi connectivity index (χ3n) is 3.73. The molecule has 3 unspecified atom stereocenters. The fourth-order valence-electron chi connectivity index (χ4n) is 2.05. The number of aldehydes is 1. The number of amides is 2. The van der Waals surface area contributed by atoms with Gasteiger partial charge in [0, 0.05) is 6.54 Å². The van der Waals surface area contributed by atoms with Gasteiger partial charge in [0.25, 0.3) is 0 Å². The molecule has 25 heavy (non-hydrogen) atoms. The van der Waals surface area contributed by atoms with E-state index < -0.39 is 24.0 Å². The summed E-state index contributed by atoms with van der Waals surface area (Å²) >= 11 is 0. The first kappa shape index (κ1) is 22.8. The highest BCUT2D eigenvalue weighted by molar-refractivity contribution is 5.91. The van der Waals surface area contributed by atoms with Gasteiger partial charge in [-0.25, -0.2) is 0 Å². The van der Waals surface area contributed by atoms with Crippen LogP contribution in [0.1, 0.15) is 40.5 Å². The van der Waals surface area contributed by atoms with Crippen LogP contribution in [-0.2, 0) is 14.4 Å². The number of guanidine groups is 1. The lowest BCUT2D eigenvalue weighted by molar-refractivity contribution is -0.132. The standard InChI is InChI=1S/C16H32N6O3/c1-9(2)12(17)14(24)22-13(10(3)4)15(25)21-11(8-23)6-5-7-20-16(18)19/h8-13H,5-7,17H2,1-4H3,(H,21,25)(H,22,24)(H4,18,19,20). The Morgan fingerprint density at radius 1 is 1.04 bits per heavy atom. The van der Waals surface area contributed by atoms with Crippen molar-refractivity contribution in [1.29, 1.82) is 0 Å². The highest BCUT2D eigenvalue weighted by Crippen LogP contribution is 2.06. The molecule has 0 aromatic rings. The molecule has 0 heterocycles. The Labute approximate surface area is 149 Å². The normalized spacial score (nSPS) is 14.5. The van der Waals surface area contributed by atoms with Gasteiger partial charge < -0.3 is 32.6 Å². The molecule has 9 heteroatoms. The SMILES string of the molecule is CC(C)C(N)C(=O)NC(C(=O)NC(C=O)CCCN=C(N)N)C(C)C. The predicted octanol–water partition coefficient (Wildman–Crippen LogP) is -1.15. The first-order valence-corrected chi connectivity index (χ1v) is 8.47. The zero-order valence-corrected chi connectivity index (χ0v) is 15.5. The lowest BCUT2D eigenvalue weighted by Gasteiger charge is -2.25. The third-order valence-corrected chi connectivity index (χ3v) is 3.73. The van der Waals surface area contributed by atoms with Gasteiger partial charge in [0.05, 0.1) is 12.1 Å². The molecule has 0 radical (unpaired) electrons. The molecule has 0 saturated carbocycles. The van der Waals surface area contributed by atoms with Gasteiger partial charge in [-0.15, -0.1) is 0 Å². The molecule has 0 spiro atoms. The second-order valence-electron chi connectivity index (χ2n) is 6.70. The Morgan fingerprint density at radius 2 is 1.64 bits per heavy atom. The maximum Gasteiger partial charge on any atom is 0.243 e. The van der Waals surface area contributed by atoms with Gasteiger partial charge in [0.2, 0.25) is 11.8 Å². The topological polar surface area (TPSA) is 166 Å². The molecule has 9 nitrogen and oxygen atoms in total. The van der Waals surface area contributed by atoms with Gasteiger partial charge in [0.15, 0.2) is 5.96 Å². The number of hydrogen-bond acceptors (Lipinski definition) is 5. The van der Waals surface area contributed by atoms with Crippen molar-refractivity contribution in [3.63, 3.8) is 0 Å². The van der Waals surface area contributed by atoms with Crippen molar-refractivity contribution in [2.45, 2.75) is 58.7 Å². The minimum absolute atomic E-state index is 0.0178. The minimum atomic E-state index is -0.766. The number of nitrogens with two attached hydrogens (primary N) is 3. The fourth-order valence-corrected chi connectivity index (χ4v) is 2.05. The van der Waals surface area contributed by atoms with Crippen LogP contribution in [0.5, 0.6) is 0 Å². The fraction of sp³-hybridized carbons (Fsp3) is 0.750. The van der Waals surface area contributed by atoms with E-state index in [1.807, 2.05) is 13.8 Å². The quantitative estimate of drug-likeness (QED) is 0.136. The van der Waals surface area contributed by atoms with E-state index in [0.29, 0.717) is 25.7 Å². The predicted molar refractivity (Wildman–Crippen MR) is 97.5 cm³/mol. The Bertz CT molecular complexity index is 474. The molecule has 0 aromatic heterocycles. The molecule has 0 rings (SSSR count). The first-order chi connectivity index (χ1) is 11.6. The largest absolute Gasteiger partial charge is 0.370 e. The van der Waals surface area contributed by atoms with Crippen molar-refractivity contribution in [2.24, 2.45) is 34.0 Å². The Balaban J connectivity index is 4.72. The monoisotopic (exact) mass is 356 g/mol. The Morgan fingerprint density at radius 3 is 2.08 bits per heavy atom. The van der Waals surface area contributed by atoms with Gasteiger partial charge >= 0.3 is 0 Å². The van der Waals surface area contributed by atoms with E-state index in [1.54, 1.807) is 13.8 Å². The van der Waals surface area contributed by atoms with E-state index in [-0.39, 0.29) is 23.7 Å². The number of aliphatic imine (C=N–C) groups is 1. The molecular weight excluding hydrogens is 324 g/mol. The zero-order valence-electron chi connectivity index (χ0n) is 15.5. The smallest absolute Gasteiger partial charge is 0.243 e. The molecule has 0 bridgehead atoms. The van der Waals surface area contributed by atoms with Gasteiger partial charge in [-0.2, -0.15) is 0 Å². The van der Waals surface area contributed by atoms with Crippen LogP contribution < -0.4 is 27.8 Å². The molecule has 0 aliphatic heterocycles. The zero-order chi connectivity index (χ0) is 19.6. The van der Waals surface area contributed by atoms with Gasteiger partial charge in [0.1, 0.15) is 12.3 Å². The van der Waals surface area contributed by atoms with Crippen LogP contribution in [0.4, 0.5) is 0 Å². The summed E-state index contributed by atoms with van der Waals surface area (Å²) in [4.78, 5) is 39.5. The minimum Gasteiger partial charge on any atom is -0.370 e. The molecule has 2 amide bonds. The summed E-state index contributed by atoms with van der Waals surface area (Å²) in [7, 11) is 0. The van der Waals surface area contributed by atoms with E-state index in [9.17, 15) is 14.4 Å². The average Bonchev–Trinajstić information content (AvgIpc) is 2.53. The number of nitrogens with zero attached hydrogens (tertiary/aromatic N) is 1. The maximum absolute atomic E-state index is 12.4. The van der Waals surface area contributed by atoms with E-state index in [1.165, 1.54) is 0 Å². The summed E-state index contributed by atoms with van der Waals surface area (Å²) in [6.07, 6.45) is 1.60. The second-order valence-corrected chi connectivity index (χ2v) is 6.70. The molecule has 0 aliphatic rings. The summed E-state index contributed by atoms with van der Waals surface area (Å²) in [5.41, 5.74) is 16.3. The van der Waals surface area contributed by atoms with E-state index in [0.717, 1.165) is 0 Å². The maximum atomic E-state index is 12.4. The molecule has 8 N–H and O–H groups in total. The van der Waals surface area contributed by atoms with Crippen LogP contribution in [0.25, 0.3) is 0 Å². The highest BCUT2D eigenvalue weighted by Gasteiger charge is 2.28. The number of carbonyl (C=O) groups is 3. The van der Waals surface area contributed by atoms with Crippen LogP contribution >= 0.6 is 0 Å². The average molecular weight is 356 g/mol. The van der Waals surface area contributed by atoms with Crippen molar-refractivity contribution in [2.75, 3.05) is 6.54 Å². The van der Waals surface area contributed by atoms with Gasteiger partial charge in [-0.1, -0.05) is 27.7 Å². The van der Waals surface area contributed by atoms with E-state index in [2.05, 4.69) is 15.6 Å². The highest BCUT2D eigenvalue weighted by atomic mass is 16.2. The number of rotatable bonds is 11. The summed E-state index contributed by atoms with van der Waals surface area (Å²) in [5.74, 6) is -1.03. The number of carbonyl (C=O) groups excluding carboxylic acids is 3. The molecule has 0 aromatic carbocycles. The van der Waals surface area contributed by atoms with Crippen LogP contribution in [0, 0.1) is 11.8 Å². The molecule has 0 aliphatic carbocycles.